The molecule has 0 bridgehead atoms. The number of aromatic nitrogens is 1. The molecule has 3 heteroatoms. The van der Waals surface area contributed by atoms with E-state index in [1.54, 1.807) is 0 Å². The largest absolute Gasteiger partial charge is 0.365 e. The van der Waals surface area contributed by atoms with Crippen molar-refractivity contribution in [3.8, 4) is 0 Å². The van der Waals surface area contributed by atoms with E-state index in [9.17, 15) is 4.79 Å². The van der Waals surface area contributed by atoms with Crippen molar-refractivity contribution in [2.75, 3.05) is 5.88 Å². The third kappa shape index (κ3) is 2.59. The van der Waals surface area contributed by atoms with Crippen LogP contribution in [0, 0.1) is 5.41 Å². The highest BCUT2D eigenvalue weighted by atomic mass is 35.5. The average molecular weight is 200 g/mol. The molecule has 1 N–H and O–H groups in total. The SMILES string of the molecule is CC(C)(CCl)C(=O)Cc1ccc[nH]1. The summed E-state index contributed by atoms with van der Waals surface area (Å²) in [5.41, 5.74) is 0.523. The minimum atomic E-state index is -0.424. The summed E-state index contributed by atoms with van der Waals surface area (Å²) in [5.74, 6) is 0.539. The maximum Gasteiger partial charge on any atom is 0.145 e. The van der Waals surface area contributed by atoms with Crippen molar-refractivity contribution in [3.05, 3.63) is 24.0 Å². The summed E-state index contributed by atoms with van der Waals surface area (Å²) in [4.78, 5) is 14.7. The third-order valence-corrected chi connectivity index (χ3v) is 2.77. The fourth-order valence-electron chi connectivity index (χ4n) is 0.964. The minimum absolute atomic E-state index is 0.171. The maximum absolute atomic E-state index is 11.7. The Kier molecular flexibility index (Phi) is 3.15. The Morgan fingerprint density at radius 1 is 1.62 bits per heavy atom. The number of nitrogens with one attached hydrogen (secondary N) is 1. The summed E-state index contributed by atoms with van der Waals surface area (Å²) in [6.45, 7) is 3.73. The first-order valence-corrected chi connectivity index (χ1v) is 4.81. The van der Waals surface area contributed by atoms with Crippen LogP contribution in [0.25, 0.3) is 0 Å². The van der Waals surface area contributed by atoms with Gasteiger partial charge in [0.05, 0.1) is 0 Å². The molecule has 0 aliphatic carbocycles. The van der Waals surface area contributed by atoms with E-state index in [-0.39, 0.29) is 5.78 Å². The van der Waals surface area contributed by atoms with Crippen molar-refractivity contribution >= 4 is 17.4 Å². The van der Waals surface area contributed by atoms with Gasteiger partial charge in [-0.3, -0.25) is 4.79 Å². The van der Waals surface area contributed by atoms with Gasteiger partial charge in [0, 0.05) is 29.6 Å². The van der Waals surface area contributed by atoms with Crippen LogP contribution in [0.4, 0.5) is 0 Å². The van der Waals surface area contributed by atoms with Crippen LogP contribution >= 0.6 is 11.6 Å². The van der Waals surface area contributed by atoms with E-state index in [4.69, 9.17) is 11.6 Å². The van der Waals surface area contributed by atoms with Gasteiger partial charge in [-0.2, -0.15) is 0 Å². The monoisotopic (exact) mass is 199 g/mol. The van der Waals surface area contributed by atoms with E-state index in [2.05, 4.69) is 4.98 Å². The summed E-state index contributed by atoms with van der Waals surface area (Å²) < 4.78 is 0. The molecule has 0 radical (unpaired) electrons. The molecule has 0 saturated heterocycles. The summed E-state index contributed by atoms with van der Waals surface area (Å²) in [5, 5.41) is 0. The first-order valence-electron chi connectivity index (χ1n) is 4.28. The van der Waals surface area contributed by atoms with Crippen molar-refractivity contribution in [1.29, 1.82) is 0 Å². The molecule has 0 unspecified atom stereocenters. The van der Waals surface area contributed by atoms with E-state index >= 15 is 0 Å². The van der Waals surface area contributed by atoms with Crippen LogP contribution in [0.5, 0.6) is 0 Å². The molecule has 1 aromatic heterocycles. The lowest BCUT2D eigenvalue weighted by atomic mass is 9.88. The van der Waals surface area contributed by atoms with Crippen molar-refractivity contribution in [3.63, 3.8) is 0 Å². The average Bonchev–Trinajstić information content (AvgIpc) is 2.57. The normalized spacial score (nSPS) is 11.6. The van der Waals surface area contributed by atoms with Gasteiger partial charge in [0.1, 0.15) is 5.78 Å². The molecule has 13 heavy (non-hydrogen) atoms. The molecule has 2 nitrogen and oxygen atoms in total. The summed E-state index contributed by atoms with van der Waals surface area (Å²) in [6.07, 6.45) is 2.25. The first kappa shape index (κ1) is 10.3. The Labute approximate surface area is 83.3 Å². The van der Waals surface area contributed by atoms with Crippen molar-refractivity contribution in [2.45, 2.75) is 20.3 Å². The van der Waals surface area contributed by atoms with E-state index in [1.165, 1.54) is 0 Å². The van der Waals surface area contributed by atoms with Crippen molar-refractivity contribution < 1.29 is 4.79 Å². The highest BCUT2D eigenvalue weighted by Gasteiger charge is 2.26. The van der Waals surface area contributed by atoms with Crippen molar-refractivity contribution in [1.82, 2.24) is 4.98 Å². The molecule has 1 rings (SSSR count). The van der Waals surface area contributed by atoms with E-state index in [0.29, 0.717) is 12.3 Å². The van der Waals surface area contributed by atoms with Gasteiger partial charge in [-0.05, 0) is 12.1 Å². The molecule has 0 aliphatic rings. The zero-order valence-corrected chi connectivity index (χ0v) is 8.69. The number of Topliss-reactive ketones (excluding diaryl/α,β-unsaturated/α-hetero) is 1. The van der Waals surface area contributed by atoms with Crippen LogP contribution in [0.15, 0.2) is 18.3 Å². The lowest BCUT2D eigenvalue weighted by Gasteiger charge is -2.18. The summed E-state index contributed by atoms with van der Waals surface area (Å²) in [6, 6.07) is 3.79. The smallest absolute Gasteiger partial charge is 0.145 e. The maximum atomic E-state index is 11.7. The topological polar surface area (TPSA) is 32.9 Å². The minimum Gasteiger partial charge on any atom is -0.365 e. The molecule has 0 aliphatic heterocycles. The zero-order chi connectivity index (χ0) is 9.90. The zero-order valence-electron chi connectivity index (χ0n) is 7.93. The van der Waals surface area contributed by atoms with Gasteiger partial charge in [-0.1, -0.05) is 13.8 Å². The predicted molar refractivity (Wildman–Crippen MR) is 54.0 cm³/mol. The van der Waals surface area contributed by atoms with Gasteiger partial charge in [0.25, 0.3) is 0 Å². The molecule has 0 saturated carbocycles. The number of carbonyl (C=O) groups excluding carboxylic acids is 1. The van der Waals surface area contributed by atoms with E-state index in [1.807, 2.05) is 32.2 Å². The molecule has 72 valence electrons. The van der Waals surface area contributed by atoms with Gasteiger partial charge in [0.15, 0.2) is 0 Å². The van der Waals surface area contributed by atoms with Gasteiger partial charge < -0.3 is 4.98 Å². The molecule has 0 amide bonds. The van der Waals surface area contributed by atoms with Crippen LogP contribution in [0.2, 0.25) is 0 Å². The second-order valence-corrected chi connectivity index (χ2v) is 4.08. The van der Waals surface area contributed by atoms with Gasteiger partial charge in [0.2, 0.25) is 0 Å². The molecule has 0 fully saturated rings. The number of hydrogen-bond donors (Lipinski definition) is 1. The molecule has 0 atom stereocenters. The Bertz CT molecular complexity index is 277. The molecule has 0 spiro atoms. The quantitative estimate of drug-likeness (QED) is 0.743. The molecule has 1 heterocycles. The first-order chi connectivity index (χ1) is 6.06. The number of ketones is 1. The van der Waals surface area contributed by atoms with Crippen molar-refractivity contribution in [2.24, 2.45) is 5.41 Å². The fraction of sp³-hybridized carbons (Fsp3) is 0.500. The number of hydrogen-bond acceptors (Lipinski definition) is 1. The van der Waals surface area contributed by atoms with Crippen LogP contribution in [-0.4, -0.2) is 16.6 Å². The van der Waals surface area contributed by atoms with Gasteiger partial charge in [-0.25, -0.2) is 0 Å². The second-order valence-electron chi connectivity index (χ2n) is 3.81. The third-order valence-electron chi connectivity index (χ3n) is 2.10. The van der Waals surface area contributed by atoms with Gasteiger partial charge >= 0.3 is 0 Å². The summed E-state index contributed by atoms with van der Waals surface area (Å²) >= 11 is 5.70. The van der Waals surface area contributed by atoms with Crippen LogP contribution in [0.3, 0.4) is 0 Å². The number of aromatic amines is 1. The Hall–Kier alpha value is -0.760. The Balaban J connectivity index is 2.61. The number of H-pyrrole nitrogens is 1. The molecular weight excluding hydrogens is 186 g/mol. The fourth-order valence-corrected chi connectivity index (χ4v) is 1.11. The number of alkyl halides is 1. The van der Waals surface area contributed by atoms with Crippen LogP contribution < -0.4 is 0 Å². The lowest BCUT2D eigenvalue weighted by molar-refractivity contribution is -0.125. The lowest BCUT2D eigenvalue weighted by Crippen LogP contribution is -2.27. The van der Waals surface area contributed by atoms with Gasteiger partial charge in [-0.15, -0.1) is 11.6 Å². The van der Waals surface area contributed by atoms with E-state index < -0.39 is 5.41 Å². The van der Waals surface area contributed by atoms with Crippen LogP contribution in [0.1, 0.15) is 19.5 Å². The molecule has 0 aromatic carbocycles. The highest BCUT2D eigenvalue weighted by molar-refractivity contribution is 6.20. The van der Waals surface area contributed by atoms with E-state index in [0.717, 1.165) is 5.69 Å². The highest BCUT2D eigenvalue weighted by Crippen LogP contribution is 2.20. The molecular formula is C10H14ClNO. The predicted octanol–water partition coefficient (Wildman–Crippen LogP) is 2.39. The van der Waals surface area contributed by atoms with Crippen LogP contribution in [-0.2, 0) is 11.2 Å². The molecule has 1 aromatic rings. The Morgan fingerprint density at radius 3 is 2.77 bits per heavy atom. The Morgan fingerprint density at radius 2 is 2.31 bits per heavy atom. The number of rotatable bonds is 4. The standard InChI is InChI=1S/C10H14ClNO/c1-10(2,7-11)9(13)6-8-4-3-5-12-8/h3-5,12H,6-7H2,1-2H3. The number of halogens is 1. The summed E-state index contributed by atoms with van der Waals surface area (Å²) in [7, 11) is 0. The number of carbonyl (C=O) groups is 1. The second kappa shape index (κ2) is 3.97.